The number of pyridine rings is 1. The zero-order chi connectivity index (χ0) is 14.7. The van der Waals surface area contributed by atoms with Crippen LogP contribution in [-0.4, -0.2) is 25.3 Å². The van der Waals surface area contributed by atoms with Crippen molar-refractivity contribution in [1.82, 2.24) is 4.98 Å². The first-order valence-electron chi connectivity index (χ1n) is 5.38. The van der Waals surface area contributed by atoms with E-state index >= 15 is 0 Å². The van der Waals surface area contributed by atoms with Gasteiger partial charge < -0.3 is 5.73 Å². The summed E-state index contributed by atoms with van der Waals surface area (Å²) in [4.78, 5) is 3.74. The molecule has 1 aromatic rings. The minimum absolute atomic E-state index is 0.0405. The molecule has 1 rings (SSSR count). The number of aromatic nitrogens is 1. The lowest BCUT2D eigenvalue weighted by Crippen LogP contribution is -2.19. The maximum absolute atomic E-state index is 11.9. The van der Waals surface area contributed by atoms with Crippen LogP contribution in [0.4, 0.5) is 24.7 Å². The van der Waals surface area contributed by atoms with Gasteiger partial charge in [-0.25, -0.2) is 13.4 Å². The highest BCUT2D eigenvalue weighted by atomic mass is 32.2. The van der Waals surface area contributed by atoms with Gasteiger partial charge in [0.15, 0.2) is 0 Å². The third-order valence-electron chi connectivity index (χ3n) is 2.28. The number of nitrogen functional groups attached to an aromatic ring is 1. The number of nitrogens with zero attached hydrogens (tertiary/aromatic N) is 1. The third-order valence-corrected chi connectivity index (χ3v) is 3.63. The third kappa shape index (κ3) is 5.77. The highest BCUT2D eigenvalue weighted by Gasteiger charge is 2.27. The molecule has 0 saturated heterocycles. The summed E-state index contributed by atoms with van der Waals surface area (Å²) < 4.78 is 60.9. The number of nitrogens with two attached hydrogens (primary N) is 1. The molecule has 0 aliphatic heterocycles. The van der Waals surface area contributed by atoms with E-state index in [4.69, 9.17) is 5.73 Å². The first kappa shape index (κ1) is 15.5. The average molecular weight is 297 g/mol. The number of alkyl halides is 3. The maximum atomic E-state index is 11.9. The normalized spacial score (nSPS) is 12.4. The van der Waals surface area contributed by atoms with Crippen molar-refractivity contribution in [3.05, 3.63) is 17.8 Å². The van der Waals surface area contributed by atoms with E-state index in [1.54, 1.807) is 6.92 Å². The van der Waals surface area contributed by atoms with Gasteiger partial charge in [-0.15, -0.1) is 0 Å². The Labute approximate surface area is 109 Å². The fourth-order valence-electron chi connectivity index (χ4n) is 1.30. The summed E-state index contributed by atoms with van der Waals surface area (Å²) in [5.41, 5.74) is 6.55. The summed E-state index contributed by atoms with van der Waals surface area (Å²) in [5, 5.41) is 0. The molecule has 3 N–H and O–H groups in total. The average Bonchev–Trinajstić information content (AvgIpc) is 2.20. The Morgan fingerprint density at radius 3 is 2.58 bits per heavy atom. The largest absolute Gasteiger partial charge is 0.397 e. The molecule has 0 aliphatic carbocycles. The van der Waals surface area contributed by atoms with Crippen molar-refractivity contribution >= 4 is 21.5 Å². The quantitative estimate of drug-likeness (QED) is 0.871. The topological polar surface area (TPSA) is 85.1 Å². The minimum Gasteiger partial charge on any atom is -0.397 e. The van der Waals surface area contributed by atoms with Gasteiger partial charge in [0.25, 0.3) is 0 Å². The molecule has 1 heterocycles. The van der Waals surface area contributed by atoms with Gasteiger partial charge in [0.05, 0.1) is 17.6 Å². The van der Waals surface area contributed by atoms with Crippen LogP contribution in [0.1, 0.15) is 18.4 Å². The number of hydrogen-bond acceptors (Lipinski definition) is 4. The van der Waals surface area contributed by atoms with Crippen molar-refractivity contribution in [3.63, 3.8) is 0 Å². The molecule has 0 fully saturated rings. The van der Waals surface area contributed by atoms with Gasteiger partial charge >= 0.3 is 6.18 Å². The van der Waals surface area contributed by atoms with Crippen molar-refractivity contribution in [3.8, 4) is 0 Å². The van der Waals surface area contributed by atoms with Crippen molar-refractivity contribution < 1.29 is 21.6 Å². The van der Waals surface area contributed by atoms with Crippen LogP contribution in [-0.2, 0) is 10.0 Å². The van der Waals surface area contributed by atoms with E-state index in [1.165, 1.54) is 12.3 Å². The zero-order valence-electron chi connectivity index (χ0n) is 10.2. The number of hydrogen-bond donors (Lipinski definition) is 2. The number of nitrogens with one attached hydrogen (secondary N) is 1. The molecule has 0 saturated carbocycles. The van der Waals surface area contributed by atoms with E-state index in [2.05, 4.69) is 9.71 Å². The van der Waals surface area contributed by atoms with Crippen LogP contribution in [0.15, 0.2) is 12.3 Å². The Bertz CT molecular complexity index is 543. The molecule has 5 nitrogen and oxygen atoms in total. The lowest BCUT2D eigenvalue weighted by atomic mass is 10.2. The second kappa shape index (κ2) is 5.64. The van der Waals surface area contributed by atoms with E-state index < -0.39 is 34.8 Å². The van der Waals surface area contributed by atoms with Gasteiger partial charge in [0, 0.05) is 6.42 Å². The highest BCUT2D eigenvalue weighted by Crippen LogP contribution is 2.22. The minimum atomic E-state index is -4.36. The summed E-state index contributed by atoms with van der Waals surface area (Å²) in [5.74, 6) is -0.573. The van der Waals surface area contributed by atoms with E-state index in [9.17, 15) is 21.6 Å². The van der Waals surface area contributed by atoms with Crippen LogP contribution in [0.25, 0.3) is 0 Å². The molecule has 0 bridgehead atoms. The van der Waals surface area contributed by atoms with Crippen LogP contribution in [0.5, 0.6) is 0 Å². The van der Waals surface area contributed by atoms with Crippen molar-refractivity contribution in [2.45, 2.75) is 25.9 Å². The first-order valence-corrected chi connectivity index (χ1v) is 7.04. The first-order chi connectivity index (χ1) is 8.59. The molecule has 0 spiro atoms. The molecule has 0 aliphatic rings. The molecule has 1 aromatic heterocycles. The van der Waals surface area contributed by atoms with Gasteiger partial charge in [0.1, 0.15) is 5.82 Å². The Balaban J connectivity index is 2.61. The van der Waals surface area contributed by atoms with Crippen LogP contribution in [0.2, 0.25) is 0 Å². The second-order valence-electron chi connectivity index (χ2n) is 4.07. The van der Waals surface area contributed by atoms with Gasteiger partial charge in [-0.3, -0.25) is 4.72 Å². The maximum Gasteiger partial charge on any atom is 0.389 e. The molecular formula is C10H14F3N3O2S. The van der Waals surface area contributed by atoms with Gasteiger partial charge in [-0.1, -0.05) is 0 Å². The van der Waals surface area contributed by atoms with E-state index in [0.29, 0.717) is 11.3 Å². The Morgan fingerprint density at radius 1 is 1.42 bits per heavy atom. The smallest absolute Gasteiger partial charge is 0.389 e. The second-order valence-corrected chi connectivity index (χ2v) is 5.91. The Kier molecular flexibility index (Phi) is 4.61. The van der Waals surface area contributed by atoms with Gasteiger partial charge in [-0.05, 0) is 25.0 Å². The summed E-state index contributed by atoms with van der Waals surface area (Å²) in [6, 6.07) is 1.41. The predicted octanol–water partition coefficient (Wildman–Crippen LogP) is 2.06. The van der Waals surface area contributed by atoms with Crippen molar-refractivity contribution in [1.29, 1.82) is 0 Å². The predicted molar refractivity (Wildman–Crippen MR) is 66.1 cm³/mol. The fourth-order valence-corrected chi connectivity index (χ4v) is 2.35. The molecule has 0 atom stereocenters. The lowest BCUT2D eigenvalue weighted by Gasteiger charge is -2.09. The number of halogens is 3. The van der Waals surface area contributed by atoms with Crippen molar-refractivity contribution in [2.75, 3.05) is 16.2 Å². The van der Waals surface area contributed by atoms with Gasteiger partial charge in [0.2, 0.25) is 10.0 Å². The van der Waals surface area contributed by atoms with E-state index in [-0.39, 0.29) is 5.82 Å². The van der Waals surface area contributed by atoms with E-state index in [1.807, 2.05) is 0 Å². The standard InChI is InChI=1S/C10H14F3N3O2S/c1-7-5-9(15-6-8(7)14)16-19(17,18)4-2-3-10(11,12)13/h5-6H,2-4,14H2,1H3,(H,15,16). The number of aryl methyl sites for hydroxylation is 1. The van der Waals surface area contributed by atoms with E-state index in [0.717, 1.165) is 0 Å². The fraction of sp³-hybridized carbons (Fsp3) is 0.500. The van der Waals surface area contributed by atoms with Crippen LogP contribution >= 0.6 is 0 Å². The molecular weight excluding hydrogens is 283 g/mol. The SMILES string of the molecule is Cc1cc(NS(=O)(=O)CCCC(F)(F)F)ncc1N. The Morgan fingerprint density at radius 2 is 2.05 bits per heavy atom. The molecule has 0 unspecified atom stereocenters. The lowest BCUT2D eigenvalue weighted by molar-refractivity contribution is -0.134. The van der Waals surface area contributed by atoms with Crippen LogP contribution in [0.3, 0.4) is 0 Å². The summed E-state index contributed by atoms with van der Waals surface area (Å²) in [6.45, 7) is 1.67. The monoisotopic (exact) mass is 297 g/mol. The van der Waals surface area contributed by atoms with Gasteiger partial charge in [-0.2, -0.15) is 13.2 Å². The number of sulfonamides is 1. The summed E-state index contributed by atoms with van der Waals surface area (Å²) in [6.07, 6.45) is -4.71. The molecule has 9 heteroatoms. The molecule has 0 aromatic carbocycles. The molecule has 19 heavy (non-hydrogen) atoms. The summed E-state index contributed by atoms with van der Waals surface area (Å²) in [7, 11) is -3.84. The van der Waals surface area contributed by atoms with Crippen molar-refractivity contribution in [2.24, 2.45) is 0 Å². The molecule has 0 amide bonds. The van der Waals surface area contributed by atoms with Crippen LogP contribution in [0, 0.1) is 6.92 Å². The summed E-state index contributed by atoms with van der Waals surface area (Å²) >= 11 is 0. The number of rotatable bonds is 5. The Hall–Kier alpha value is -1.51. The zero-order valence-corrected chi connectivity index (χ0v) is 11.0. The highest BCUT2D eigenvalue weighted by molar-refractivity contribution is 7.92. The number of anilines is 2. The van der Waals surface area contributed by atoms with Crippen LogP contribution < -0.4 is 10.5 Å². The molecule has 108 valence electrons. The molecule has 0 radical (unpaired) electrons.